The molecular formula is C12H12N4O2. The minimum Gasteiger partial charge on any atom is -0.468 e. The summed E-state index contributed by atoms with van der Waals surface area (Å²) in [7, 11) is 1.22. The van der Waals surface area contributed by atoms with Crippen molar-refractivity contribution in [3.8, 4) is 6.07 Å². The zero-order valence-corrected chi connectivity index (χ0v) is 9.85. The average molecular weight is 244 g/mol. The van der Waals surface area contributed by atoms with E-state index >= 15 is 0 Å². The van der Waals surface area contributed by atoms with Crippen molar-refractivity contribution in [2.45, 2.75) is 12.5 Å². The summed E-state index contributed by atoms with van der Waals surface area (Å²) >= 11 is 0. The van der Waals surface area contributed by atoms with E-state index < -0.39 is 17.9 Å². The van der Waals surface area contributed by atoms with Crippen molar-refractivity contribution in [1.82, 2.24) is 0 Å². The number of hydrogen-bond acceptors (Lipinski definition) is 4. The van der Waals surface area contributed by atoms with Gasteiger partial charge in [0.15, 0.2) is 0 Å². The van der Waals surface area contributed by atoms with Gasteiger partial charge < -0.3 is 4.74 Å². The highest BCUT2D eigenvalue weighted by molar-refractivity contribution is 5.75. The molecule has 0 saturated carbocycles. The van der Waals surface area contributed by atoms with Gasteiger partial charge in [-0.25, -0.2) is 0 Å². The zero-order valence-electron chi connectivity index (χ0n) is 9.85. The maximum absolute atomic E-state index is 11.3. The molecule has 0 aliphatic carbocycles. The third kappa shape index (κ3) is 3.51. The van der Waals surface area contributed by atoms with Gasteiger partial charge in [0.2, 0.25) is 0 Å². The van der Waals surface area contributed by atoms with Crippen LogP contribution in [-0.2, 0) is 9.53 Å². The Labute approximate surface area is 104 Å². The van der Waals surface area contributed by atoms with Crippen molar-refractivity contribution in [2.24, 2.45) is 11.0 Å². The standard InChI is InChI=1S/C12H12N4O2/c1-18-12(17)10(8-13)7-11(15-16-14)9-5-3-2-4-6-9/h2-6,10-11H,7H2,1H3. The van der Waals surface area contributed by atoms with Crippen LogP contribution in [0, 0.1) is 17.2 Å². The summed E-state index contributed by atoms with van der Waals surface area (Å²) in [6, 6.07) is 10.3. The smallest absolute Gasteiger partial charge is 0.323 e. The normalized spacial score (nSPS) is 12.7. The molecule has 92 valence electrons. The minimum absolute atomic E-state index is 0.108. The van der Waals surface area contributed by atoms with Gasteiger partial charge in [0.05, 0.1) is 19.2 Å². The summed E-state index contributed by atoms with van der Waals surface area (Å²) in [5, 5.41) is 12.5. The van der Waals surface area contributed by atoms with E-state index in [0.29, 0.717) is 0 Å². The van der Waals surface area contributed by atoms with E-state index in [2.05, 4.69) is 14.8 Å². The number of nitriles is 1. The predicted octanol–water partition coefficient (Wildman–Crippen LogP) is 2.74. The molecule has 2 unspecified atom stereocenters. The number of carbonyl (C=O) groups is 1. The Balaban J connectivity index is 2.91. The number of benzene rings is 1. The molecule has 0 heterocycles. The number of methoxy groups -OCH3 is 1. The highest BCUT2D eigenvalue weighted by atomic mass is 16.5. The summed E-state index contributed by atoms with van der Waals surface area (Å²) in [4.78, 5) is 14.1. The first kappa shape index (κ1) is 13.6. The summed E-state index contributed by atoms with van der Waals surface area (Å²) in [5.74, 6) is -1.56. The Kier molecular flexibility index (Phi) is 5.23. The molecule has 6 nitrogen and oxygen atoms in total. The molecule has 6 heteroatoms. The number of carbonyl (C=O) groups excluding carboxylic acids is 1. The Bertz CT molecular complexity index is 489. The fourth-order valence-electron chi connectivity index (χ4n) is 1.55. The molecule has 0 N–H and O–H groups in total. The molecule has 0 saturated heterocycles. The first-order valence-electron chi connectivity index (χ1n) is 5.29. The van der Waals surface area contributed by atoms with E-state index in [1.54, 1.807) is 24.3 Å². The molecule has 0 aliphatic rings. The molecule has 0 radical (unpaired) electrons. The summed E-state index contributed by atoms with van der Waals surface area (Å²) in [6.07, 6.45) is 0.108. The van der Waals surface area contributed by atoms with Gasteiger partial charge in [-0.3, -0.25) is 4.79 Å². The van der Waals surface area contributed by atoms with Crippen molar-refractivity contribution in [2.75, 3.05) is 7.11 Å². The Morgan fingerprint density at radius 3 is 2.72 bits per heavy atom. The van der Waals surface area contributed by atoms with Crippen LogP contribution < -0.4 is 0 Å². The van der Waals surface area contributed by atoms with Crippen LogP contribution in [0.2, 0.25) is 0 Å². The van der Waals surface area contributed by atoms with Gasteiger partial charge in [0, 0.05) is 4.91 Å². The van der Waals surface area contributed by atoms with E-state index in [1.165, 1.54) is 7.11 Å². The minimum atomic E-state index is -0.939. The van der Waals surface area contributed by atoms with Crippen molar-refractivity contribution in [3.05, 3.63) is 46.3 Å². The lowest BCUT2D eigenvalue weighted by atomic mass is 9.96. The number of rotatable bonds is 5. The van der Waals surface area contributed by atoms with Gasteiger partial charge >= 0.3 is 5.97 Å². The van der Waals surface area contributed by atoms with Crippen LogP contribution in [0.3, 0.4) is 0 Å². The monoisotopic (exact) mass is 244 g/mol. The van der Waals surface area contributed by atoms with Crippen LogP contribution in [0.5, 0.6) is 0 Å². The second-order valence-electron chi connectivity index (χ2n) is 3.57. The van der Waals surface area contributed by atoms with Gasteiger partial charge in [-0.05, 0) is 17.5 Å². The third-order valence-electron chi connectivity index (χ3n) is 2.48. The van der Waals surface area contributed by atoms with Crippen molar-refractivity contribution < 1.29 is 9.53 Å². The fourth-order valence-corrected chi connectivity index (χ4v) is 1.55. The van der Waals surface area contributed by atoms with Crippen LogP contribution >= 0.6 is 0 Å². The molecule has 1 aromatic carbocycles. The summed E-state index contributed by atoms with van der Waals surface area (Å²) in [6.45, 7) is 0. The molecule has 0 amide bonds. The summed E-state index contributed by atoms with van der Waals surface area (Å²) < 4.78 is 4.52. The Morgan fingerprint density at radius 1 is 1.56 bits per heavy atom. The highest BCUT2D eigenvalue weighted by Gasteiger charge is 2.23. The average Bonchev–Trinajstić information content (AvgIpc) is 2.43. The second kappa shape index (κ2) is 6.94. The Morgan fingerprint density at radius 2 is 2.22 bits per heavy atom. The van der Waals surface area contributed by atoms with E-state index in [-0.39, 0.29) is 6.42 Å². The highest BCUT2D eigenvalue weighted by Crippen LogP contribution is 2.25. The SMILES string of the molecule is COC(=O)C(C#N)CC(N=[N+]=[N-])c1ccccc1. The van der Waals surface area contributed by atoms with Crippen LogP contribution in [0.25, 0.3) is 10.4 Å². The molecule has 0 spiro atoms. The van der Waals surface area contributed by atoms with Gasteiger partial charge in [0.25, 0.3) is 0 Å². The van der Waals surface area contributed by atoms with E-state index in [9.17, 15) is 4.79 Å². The molecular weight excluding hydrogens is 232 g/mol. The fraction of sp³-hybridized carbons (Fsp3) is 0.333. The van der Waals surface area contributed by atoms with Crippen LogP contribution in [0.1, 0.15) is 18.0 Å². The van der Waals surface area contributed by atoms with E-state index in [0.717, 1.165) is 5.56 Å². The number of ether oxygens (including phenoxy) is 1. The lowest BCUT2D eigenvalue weighted by molar-refractivity contribution is -0.143. The van der Waals surface area contributed by atoms with Crippen molar-refractivity contribution in [3.63, 3.8) is 0 Å². The lowest BCUT2D eigenvalue weighted by Crippen LogP contribution is -2.16. The molecule has 0 fully saturated rings. The topological polar surface area (TPSA) is 98.9 Å². The lowest BCUT2D eigenvalue weighted by Gasteiger charge is -2.13. The zero-order chi connectivity index (χ0) is 13.4. The maximum Gasteiger partial charge on any atom is 0.323 e. The molecule has 18 heavy (non-hydrogen) atoms. The third-order valence-corrected chi connectivity index (χ3v) is 2.48. The number of esters is 1. The molecule has 1 aromatic rings. The van der Waals surface area contributed by atoms with Crippen LogP contribution in [-0.4, -0.2) is 13.1 Å². The number of nitrogens with zero attached hydrogens (tertiary/aromatic N) is 4. The Hall–Kier alpha value is -2.51. The molecule has 0 bridgehead atoms. The van der Waals surface area contributed by atoms with Gasteiger partial charge in [-0.2, -0.15) is 5.26 Å². The van der Waals surface area contributed by atoms with Crippen LogP contribution in [0.4, 0.5) is 0 Å². The molecule has 2 atom stereocenters. The van der Waals surface area contributed by atoms with Gasteiger partial charge in [0.1, 0.15) is 5.92 Å². The maximum atomic E-state index is 11.3. The largest absolute Gasteiger partial charge is 0.468 e. The van der Waals surface area contributed by atoms with Gasteiger partial charge in [-0.15, -0.1) is 0 Å². The van der Waals surface area contributed by atoms with Crippen molar-refractivity contribution >= 4 is 5.97 Å². The molecule has 1 rings (SSSR count). The van der Waals surface area contributed by atoms with E-state index in [4.69, 9.17) is 10.8 Å². The first-order chi connectivity index (χ1) is 8.72. The first-order valence-corrected chi connectivity index (χ1v) is 5.29. The van der Waals surface area contributed by atoms with E-state index in [1.807, 2.05) is 12.1 Å². The number of azide groups is 1. The quantitative estimate of drug-likeness (QED) is 0.344. The molecule has 0 aromatic heterocycles. The van der Waals surface area contributed by atoms with Crippen molar-refractivity contribution in [1.29, 1.82) is 5.26 Å². The van der Waals surface area contributed by atoms with Gasteiger partial charge in [-0.1, -0.05) is 35.4 Å². The van der Waals surface area contributed by atoms with Crippen LogP contribution in [0.15, 0.2) is 35.4 Å². The number of hydrogen-bond donors (Lipinski definition) is 0. The summed E-state index contributed by atoms with van der Waals surface area (Å²) in [5.41, 5.74) is 9.30. The predicted molar refractivity (Wildman–Crippen MR) is 64.1 cm³/mol. The molecule has 0 aliphatic heterocycles. The second-order valence-corrected chi connectivity index (χ2v) is 3.57.